The molecule has 0 unspecified atom stereocenters. The molecule has 0 bridgehead atoms. The van der Waals surface area contributed by atoms with Gasteiger partial charge in [0.05, 0.1) is 29.5 Å². The molecule has 1 saturated heterocycles. The van der Waals surface area contributed by atoms with Crippen molar-refractivity contribution in [2.75, 3.05) is 31.6 Å². The van der Waals surface area contributed by atoms with Gasteiger partial charge >= 0.3 is 0 Å². The van der Waals surface area contributed by atoms with E-state index in [1.165, 1.54) is 4.31 Å². The Bertz CT molecular complexity index is 1040. The summed E-state index contributed by atoms with van der Waals surface area (Å²) in [6.07, 6.45) is 0. The molecule has 0 saturated carbocycles. The monoisotopic (exact) mass is 419 g/mol. The molecule has 9 heteroatoms. The zero-order valence-electron chi connectivity index (χ0n) is 15.4. The SMILES string of the molecule is Cc1oc(-c2cccs2)nc1CNc1cccc(S(=O)(=O)N2CCOCC2)c1. The number of nitrogens with zero attached hydrogens (tertiary/aromatic N) is 2. The Kier molecular flexibility index (Phi) is 5.49. The highest BCUT2D eigenvalue weighted by molar-refractivity contribution is 7.89. The Morgan fingerprint density at radius 2 is 2.04 bits per heavy atom. The van der Waals surface area contributed by atoms with Crippen LogP contribution in [-0.2, 0) is 21.3 Å². The number of aryl methyl sites for hydroxylation is 1. The fourth-order valence-corrected chi connectivity index (χ4v) is 5.09. The third-order valence-electron chi connectivity index (χ3n) is 4.53. The van der Waals surface area contributed by atoms with E-state index >= 15 is 0 Å². The van der Waals surface area contributed by atoms with Crippen LogP contribution in [0, 0.1) is 6.92 Å². The molecule has 1 N–H and O–H groups in total. The van der Waals surface area contributed by atoms with Crippen LogP contribution in [0.25, 0.3) is 10.8 Å². The second kappa shape index (κ2) is 8.04. The van der Waals surface area contributed by atoms with Crippen LogP contribution in [0.3, 0.4) is 0 Å². The summed E-state index contributed by atoms with van der Waals surface area (Å²) in [5, 5.41) is 5.23. The Morgan fingerprint density at radius 3 is 2.79 bits per heavy atom. The first kappa shape index (κ1) is 19.1. The number of benzene rings is 1. The van der Waals surface area contributed by atoms with E-state index in [0.717, 1.165) is 22.0 Å². The summed E-state index contributed by atoms with van der Waals surface area (Å²) in [5.74, 6) is 1.35. The predicted octanol–water partition coefficient (Wildman–Crippen LogP) is 3.34. The average Bonchev–Trinajstić information content (AvgIpc) is 3.37. The maximum absolute atomic E-state index is 12.8. The molecule has 0 spiro atoms. The summed E-state index contributed by atoms with van der Waals surface area (Å²) >= 11 is 1.57. The smallest absolute Gasteiger partial charge is 0.243 e. The van der Waals surface area contributed by atoms with Crippen LogP contribution in [0.2, 0.25) is 0 Å². The lowest BCUT2D eigenvalue weighted by molar-refractivity contribution is 0.0730. The third kappa shape index (κ3) is 3.97. The van der Waals surface area contributed by atoms with E-state index in [4.69, 9.17) is 9.15 Å². The van der Waals surface area contributed by atoms with Gasteiger partial charge in [0.15, 0.2) is 0 Å². The van der Waals surface area contributed by atoms with Gasteiger partial charge in [0.25, 0.3) is 0 Å². The zero-order chi connectivity index (χ0) is 19.6. The lowest BCUT2D eigenvalue weighted by atomic mass is 10.3. The molecule has 1 fully saturated rings. The van der Waals surface area contributed by atoms with Crippen LogP contribution in [0.15, 0.2) is 51.1 Å². The largest absolute Gasteiger partial charge is 0.440 e. The molecule has 148 valence electrons. The topological polar surface area (TPSA) is 84.7 Å². The van der Waals surface area contributed by atoms with Crippen molar-refractivity contribution in [3.63, 3.8) is 0 Å². The Hall–Kier alpha value is -2.20. The van der Waals surface area contributed by atoms with E-state index in [1.54, 1.807) is 29.5 Å². The molecule has 1 aliphatic heterocycles. The molecule has 28 heavy (non-hydrogen) atoms. The van der Waals surface area contributed by atoms with Gasteiger partial charge in [0, 0.05) is 18.8 Å². The van der Waals surface area contributed by atoms with Crippen LogP contribution < -0.4 is 5.32 Å². The summed E-state index contributed by atoms with van der Waals surface area (Å²) in [7, 11) is -3.52. The van der Waals surface area contributed by atoms with Gasteiger partial charge in [-0.3, -0.25) is 0 Å². The molecule has 3 heterocycles. The second-order valence-electron chi connectivity index (χ2n) is 6.40. The normalized spacial score (nSPS) is 15.6. The van der Waals surface area contributed by atoms with Crippen molar-refractivity contribution < 1.29 is 17.6 Å². The highest BCUT2D eigenvalue weighted by Crippen LogP contribution is 2.26. The van der Waals surface area contributed by atoms with Gasteiger partial charge in [-0.15, -0.1) is 11.3 Å². The molecule has 0 atom stereocenters. The number of nitrogens with one attached hydrogen (secondary N) is 1. The summed E-state index contributed by atoms with van der Waals surface area (Å²) in [6.45, 7) is 3.93. The lowest BCUT2D eigenvalue weighted by Crippen LogP contribution is -2.40. The van der Waals surface area contributed by atoms with Crippen molar-refractivity contribution in [1.29, 1.82) is 0 Å². The molecule has 1 aliphatic rings. The quantitative estimate of drug-likeness (QED) is 0.660. The molecule has 0 amide bonds. The number of morpholine rings is 1. The summed E-state index contributed by atoms with van der Waals surface area (Å²) in [6, 6.07) is 10.8. The predicted molar refractivity (Wildman–Crippen MR) is 108 cm³/mol. The Balaban J connectivity index is 1.48. The number of anilines is 1. The van der Waals surface area contributed by atoms with Crippen molar-refractivity contribution in [3.8, 4) is 10.8 Å². The van der Waals surface area contributed by atoms with Crippen molar-refractivity contribution in [2.45, 2.75) is 18.4 Å². The van der Waals surface area contributed by atoms with Crippen molar-refractivity contribution in [2.24, 2.45) is 0 Å². The average molecular weight is 420 g/mol. The zero-order valence-corrected chi connectivity index (χ0v) is 17.1. The number of hydrogen-bond acceptors (Lipinski definition) is 7. The van der Waals surface area contributed by atoms with Crippen LogP contribution in [0.5, 0.6) is 0 Å². The van der Waals surface area contributed by atoms with Crippen molar-refractivity contribution >= 4 is 27.0 Å². The van der Waals surface area contributed by atoms with E-state index in [2.05, 4.69) is 10.3 Å². The minimum atomic E-state index is -3.52. The second-order valence-corrected chi connectivity index (χ2v) is 9.28. The molecular weight excluding hydrogens is 398 g/mol. The van der Waals surface area contributed by atoms with Gasteiger partial charge in [-0.25, -0.2) is 13.4 Å². The summed E-state index contributed by atoms with van der Waals surface area (Å²) < 4.78 is 38.1. The number of sulfonamides is 1. The van der Waals surface area contributed by atoms with Gasteiger partial charge in [-0.05, 0) is 36.6 Å². The van der Waals surface area contributed by atoms with Gasteiger partial charge in [-0.1, -0.05) is 12.1 Å². The van der Waals surface area contributed by atoms with Crippen LogP contribution in [0.1, 0.15) is 11.5 Å². The van der Waals surface area contributed by atoms with Gasteiger partial charge in [0.2, 0.25) is 15.9 Å². The molecule has 3 aromatic rings. The van der Waals surface area contributed by atoms with E-state index in [0.29, 0.717) is 38.7 Å². The van der Waals surface area contributed by atoms with Crippen LogP contribution >= 0.6 is 11.3 Å². The first-order valence-corrected chi connectivity index (χ1v) is 11.3. The number of oxazole rings is 1. The first-order chi connectivity index (χ1) is 13.5. The van der Waals surface area contributed by atoms with E-state index in [1.807, 2.05) is 30.5 Å². The Labute approximate surface area is 168 Å². The molecule has 0 radical (unpaired) electrons. The maximum Gasteiger partial charge on any atom is 0.243 e. The maximum atomic E-state index is 12.8. The fraction of sp³-hybridized carbons (Fsp3) is 0.316. The molecule has 0 aliphatic carbocycles. The number of aromatic nitrogens is 1. The molecule has 7 nitrogen and oxygen atoms in total. The number of rotatable bonds is 6. The van der Waals surface area contributed by atoms with Gasteiger partial charge < -0.3 is 14.5 Å². The van der Waals surface area contributed by atoms with E-state index in [9.17, 15) is 8.42 Å². The molecule has 4 rings (SSSR count). The third-order valence-corrected chi connectivity index (χ3v) is 7.28. The fourth-order valence-electron chi connectivity index (χ4n) is 2.99. The van der Waals surface area contributed by atoms with E-state index < -0.39 is 10.0 Å². The first-order valence-electron chi connectivity index (χ1n) is 8.96. The Morgan fingerprint density at radius 1 is 1.21 bits per heavy atom. The van der Waals surface area contributed by atoms with Gasteiger partial charge in [-0.2, -0.15) is 4.31 Å². The van der Waals surface area contributed by atoms with Crippen molar-refractivity contribution in [3.05, 3.63) is 53.2 Å². The van der Waals surface area contributed by atoms with E-state index in [-0.39, 0.29) is 4.90 Å². The highest BCUT2D eigenvalue weighted by Gasteiger charge is 2.26. The minimum Gasteiger partial charge on any atom is -0.440 e. The standard InChI is InChI=1S/C19H21N3O4S2/c1-14-17(21-19(26-14)18-6-3-11-27-18)13-20-15-4-2-5-16(12-15)28(23,24)22-7-9-25-10-8-22/h2-6,11-12,20H,7-10,13H2,1H3. The minimum absolute atomic E-state index is 0.274. The van der Waals surface area contributed by atoms with Crippen molar-refractivity contribution in [1.82, 2.24) is 9.29 Å². The molecular formula is C19H21N3O4S2. The molecule has 2 aromatic heterocycles. The summed E-state index contributed by atoms with van der Waals surface area (Å²) in [5.41, 5.74) is 1.51. The number of hydrogen-bond donors (Lipinski definition) is 1. The highest BCUT2D eigenvalue weighted by atomic mass is 32.2. The summed E-state index contributed by atoms with van der Waals surface area (Å²) in [4.78, 5) is 5.81. The number of thiophene rings is 1. The molecule has 1 aromatic carbocycles. The number of ether oxygens (including phenoxy) is 1. The lowest BCUT2D eigenvalue weighted by Gasteiger charge is -2.26. The van der Waals surface area contributed by atoms with Crippen LogP contribution in [-0.4, -0.2) is 44.0 Å². The van der Waals surface area contributed by atoms with Gasteiger partial charge in [0.1, 0.15) is 11.5 Å². The van der Waals surface area contributed by atoms with Crippen LogP contribution in [0.4, 0.5) is 5.69 Å².